The van der Waals surface area contributed by atoms with E-state index in [1.807, 2.05) is 19.1 Å². The number of benzene rings is 1. The monoisotopic (exact) mass is 278 g/mol. The highest BCUT2D eigenvalue weighted by Crippen LogP contribution is 2.26. The molecule has 0 aliphatic carbocycles. The molecule has 0 spiro atoms. The SMILES string of the molecule is CC#CC(C)C(C)c1cccc(S(=O)(=O)C(C)C)c1. The highest BCUT2D eigenvalue weighted by atomic mass is 32.2. The minimum absolute atomic E-state index is 0.210. The molecule has 0 amide bonds. The van der Waals surface area contributed by atoms with Gasteiger partial charge in [0.1, 0.15) is 0 Å². The molecule has 0 N–H and O–H groups in total. The highest BCUT2D eigenvalue weighted by molar-refractivity contribution is 7.92. The van der Waals surface area contributed by atoms with E-state index in [0.29, 0.717) is 4.90 Å². The second kappa shape index (κ2) is 6.25. The third-order valence-corrected chi connectivity index (χ3v) is 5.61. The first-order valence-electron chi connectivity index (χ1n) is 6.56. The summed E-state index contributed by atoms with van der Waals surface area (Å²) in [4.78, 5) is 0.406. The Morgan fingerprint density at radius 2 is 1.74 bits per heavy atom. The van der Waals surface area contributed by atoms with Crippen molar-refractivity contribution in [1.82, 2.24) is 0 Å². The molecule has 0 saturated heterocycles. The van der Waals surface area contributed by atoms with E-state index in [4.69, 9.17) is 0 Å². The van der Waals surface area contributed by atoms with Crippen LogP contribution in [-0.4, -0.2) is 13.7 Å². The summed E-state index contributed by atoms with van der Waals surface area (Å²) in [7, 11) is -3.21. The smallest absolute Gasteiger partial charge is 0.180 e. The van der Waals surface area contributed by atoms with Gasteiger partial charge in [-0.25, -0.2) is 8.42 Å². The Balaban J connectivity index is 3.17. The van der Waals surface area contributed by atoms with Gasteiger partial charge in [0.25, 0.3) is 0 Å². The first-order chi connectivity index (χ1) is 8.80. The van der Waals surface area contributed by atoms with Crippen LogP contribution in [0, 0.1) is 17.8 Å². The Labute approximate surface area is 117 Å². The highest BCUT2D eigenvalue weighted by Gasteiger charge is 2.21. The maximum atomic E-state index is 12.2. The molecular formula is C16H22O2S. The topological polar surface area (TPSA) is 34.1 Å². The van der Waals surface area contributed by atoms with E-state index in [9.17, 15) is 8.42 Å². The molecule has 2 atom stereocenters. The van der Waals surface area contributed by atoms with Crippen molar-refractivity contribution in [3.05, 3.63) is 29.8 Å². The summed E-state index contributed by atoms with van der Waals surface area (Å²) in [5, 5.41) is -0.397. The molecule has 0 bridgehead atoms. The van der Waals surface area contributed by atoms with E-state index in [0.717, 1.165) is 5.56 Å². The van der Waals surface area contributed by atoms with Crippen molar-refractivity contribution in [3.8, 4) is 11.8 Å². The molecule has 104 valence electrons. The quantitative estimate of drug-likeness (QED) is 0.788. The van der Waals surface area contributed by atoms with Crippen LogP contribution in [-0.2, 0) is 9.84 Å². The number of hydrogen-bond acceptors (Lipinski definition) is 2. The molecule has 2 nitrogen and oxygen atoms in total. The average molecular weight is 278 g/mol. The van der Waals surface area contributed by atoms with Crippen molar-refractivity contribution in [2.75, 3.05) is 0 Å². The molecule has 1 rings (SSSR count). The van der Waals surface area contributed by atoms with Crippen molar-refractivity contribution in [2.24, 2.45) is 5.92 Å². The van der Waals surface area contributed by atoms with Crippen LogP contribution in [0.1, 0.15) is 46.1 Å². The number of rotatable bonds is 4. The average Bonchev–Trinajstić information content (AvgIpc) is 2.38. The minimum Gasteiger partial charge on any atom is -0.223 e. The second-order valence-corrected chi connectivity index (χ2v) is 7.64. The van der Waals surface area contributed by atoms with Crippen LogP contribution >= 0.6 is 0 Å². The lowest BCUT2D eigenvalue weighted by Gasteiger charge is -2.17. The summed E-state index contributed by atoms with van der Waals surface area (Å²) in [5.74, 6) is 6.47. The van der Waals surface area contributed by atoms with Crippen LogP contribution in [0.4, 0.5) is 0 Å². The molecule has 0 fully saturated rings. The van der Waals surface area contributed by atoms with Gasteiger partial charge in [0, 0.05) is 5.92 Å². The van der Waals surface area contributed by atoms with Crippen LogP contribution in [0.5, 0.6) is 0 Å². The molecule has 0 aliphatic heterocycles. The lowest BCUT2D eigenvalue weighted by Crippen LogP contribution is -2.14. The Hall–Kier alpha value is -1.27. The van der Waals surface area contributed by atoms with Crippen LogP contribution in [0.2, 0.25) is 0 Å². The molecule has 2 unspecified atom stereocenters. The van der Waals surface area contributed by atoms with E-state index in [1.54, 1.807) is 26.0 Å². The van der Waals surface area contributed by atoms with Gasteiger partial charge in [0.2, 0.25) is 0 Å². The van der Waals surface area contributed by atoms with Crippen molar-refractivity contribution >= 4 is 9.84 Å². The first-order valence-corrected chi connectivity index (χ1v) is 8.11. The van der Waals surface area contributed by atoms with E-state index in [2.05, 4.69) is 25.7 Å². The summed E-state index contributed by atoms with van der Waals surface area (Å²) in [6, 6.07) is 7.24. The minimum atomic E-state index is -3.21. The zero-order chi connectivity index (χ0) is 14.6. The van der Waals surface area contributed by atoms with Gasteiger partial charge in [-0.05, 0) is 44.4 Å². The summed E-state index contributed by atoms with van der Waals surface area (Å²) in [5.41, 5.74) is 1.02. The maximum absolute atomic E-state index is 12.2. The third kappa shape index (κ3) is 3.61. The molecule has 19 heavy (non-hydrogen) atoms. The predicted octanol–water partition coefficient (Wildman–Crippen LogP) is 3.63. The third-order valence-electron chi connectivity index (χ3n) is 3.46. The fraction of sp³-hybridized carbons (Fsp3) is 0.500. The molecule has 0 aliphatic rings. The standard InChI is InChI=1S/C16H22O2S/c1-6-8-13(4)14(5)15-9-7-10-16(11-15)19(17,18)12(2)3/h7,9-14H,1-5H3. The molecule has 0 aromatic heterocycles. The van der Waals surface area contributed by atoms with Gasteiger partial charge in [-0.3, -0.25) is 0 Å². The summed E-state index contributed by atoms with van der Waals surface area (Å²) in [6.07, 6.45) is 0. The van der Waals surface area contributed by atoms with E-state index in [1.165, 1.54) is 0 Å². The van der Waals surface area contributed by atoms with Crippen molar-refractivity contribution in [3.63, 3.8) is 0 Å². The Bertz CT molecular complexity index is 589. The molecule has 0 radical (unpaired) electrons. The van der Waals surface area contributed by atoms with E-state index >= 15 is 0 Å². The Morgan fingerprint density at radius 1 is 1.11 bits per heavy atom. The molecule has 0 saturated carbocycles. The molecular weight excluding hydrogens is 256 g/mol. The van der Waals surface area contributed by atoms with E-state index in [-0.39, 0.29) is 11.8 Å². The van der Waals surface area contributed by atoms with Gasteiger partial charge < -0.3 is 0 Å². The van der Waals surface area contributed by atoms with E-state index < -0.39 is 15.1 Å². The molecule has 0 heterocycles. The van der Waals surface area contributed by atoms with Crippen LogP contribution in [0.3, 0.4) is 0 Å². The lowest BCUT2D eigenvalue weighted by atomic mass is 9.89. The van der Waals surface area contributed by atoms with Gasteiger partial charge in [-0.1, -0.05) is 31.9 Å². The van der Waals surface area contributed by atoms with Crippen LogP contribution in [0.25, 0.3) is 0 Å². The zero-order valence-electron chi connectivity index (χ0n) is 12.3. The predicted molar refractivity (Wildman–Crippen MR) is 79.8 cm³/mol. The van der Waals surface area contributed by atoms with Crippen LogP contribution < -0.4 is 0 Å². The lowest BCUT2D eigenvalue weighted by molar-refractivity contribution is 0.585. The van der Waals surface area contributed by atoms with Gasteiger partial charge in [0.15, 0.2) is 9.84 Å². The fourth-order valence-electron chi connectivity index (χ4n) is 1.89. The van der Waals surface area contributed by atoms with Gasteiger partial charge >= 0.3 is 0 Å². The van der Waals surface area contributed by atoms with Crippen LogP contribution in [0.15, 0.2) is 29.2 Å². The molecule has 3 heteroatoms. The normalized spacial score (nSPS) is 14.6. The van der Waals surface area contributed by atoms with Gasteiger partial charge in [-0.15, -0.1) is 5.92 Å². The Kier molecular flexibility index (Phi) is 5.20. The van der Waals surface area contributed by atoms with Crippen molar-refractivity contribution < 1.29 is 8.42 Å². The summed E-state index contributed by atoms with van der Waals surface area (Å²) in [6.45, 7) is 9.37. The number of sulfone groups is 1. The zero-order valence-corrected chi connectivity index (χ0v) is 13.1. The first kappa shape index (κ1) is 15.8. The van der Waals surface area contributed by atoms with Crippen molar-refractivity contribution in [1.29, 1.82) is 0 Å². The van der Waals surface area contributed by atoms with Gasteiger partial charge in [0.05, 0.1) is 10.1 Å². The molecule has 1 aromatic carbocycles. The fourth-order valence-corrected chi connectivity index (χ4v) is 3.00. The Morgan fingerprint density at radius 3 is 2.26 bits per heavy atom. The second-order valence-electron chi connectivity index (χ2n) is 5.14. The van der Waals surface area contributed by atoms with Crippen molar-refractivity contribution in [2.45, 2.75) is 50.7 Å². The van der Waals surface area contributed by atoms with Gasteiger partial charge in [-0.2, -0.15) is 0 Å². The maximum Gasteiger partial charge on any atom is 0.180 e. The summed E-state index contributed by atoms with van der Waals surface area (Å²) < 4.78 is 24.3. The molecule has 1 aromatic rings. The number of hydrogen-bond donors (Lipinski definition) is 0. The summed E-state index contributed by atoms with van der Waals surface area (Å²) >= 11 is 0. The largest absolute Gasteiger partial charge is 0.223 e.